The van der Waals surface area contributed by atoms with Crippen molar-refractivity contribution in [3.05, 3.63) is 48.5 Å². The summed E-state index contributed by atoms with van der Waals surface area (Å²) in [7, 11) is 0. The van der Waals surface area contributed by atoms with E-state index in [1.54, 1.807) is 0 Å². The van der Waals surface area contributed by atoms with Crippen molar-refractivity contribution in [2.45, 2.75) is 42.7 Å². The number of imidazole rings is 1. The maximum Gasteiger partial charge on any atom is 0.335 e. The minimum atomic E-state index is -1.51. The lowest BCUT2D eigenvalue weighted by atomic mass is 10.1. The van der Waals surface area contributed by atoms with Crippen molar-refractivity contribution in [2.75, 3.05) is 11.5 Å². The Hall–Kier alpha value is -3.26. The van der Waals surface area contributed by atoms with Gasteiger partial charge in [0.1, 0.15) is 17.9 Å². The van der Waals surface area contributed by atoms with Crippen LogP contribution in [0.25, 0.3) is 11.2 Å². The van der Waals surface area contributed by atoms with Crippen LogP contribution in [-0.4, -0.2) is 71.7 Å². The Kier molecular flexibility index (Phi) is 6.97. The quantitative estimate of drug-likeness (QED) is 0.288. The van der Waals surface area contributed by atoms with E-state index in [4.69, 9.17) is 16.2 Å². The summed E-state index contributed by atoms with van der Waals surface area (Å²) < 4.78 is 6.95. The molecule has 3 heterocycles. The second-order valence-corrected chi connectivity index (χ2v) is 9.26. The van der Waals surface area contributed by atoms with Crippen molar-refractivity contribution in [3.63, 3.8) is 0 Å². The molecule has 0 radical (unpaired) electrons. The van der Waals surface area contributed by atoms with Crippen molar-refractivity contribution in [1.82, 2.24) is 24.8 Å². The predicted octanol–water partition coefficient (Wildman–Crippen LogP) is 0.0579. The maximum atomic E-state index is 12.7. The number of carbonyl (C=O) groups excluding carboxylic acids is 1. The van der Waals surface area contributed by atoms with Gasteiger partial charge in [0.15, 0.2) is 23.8 Å². The number of rotatable bonds is 8. The Morgan fingerprint density at radius 3 is 2.71 bits per heavy atom. The van der Waals surface area contributed by atoms with Gasteiger partial charge in [-0.15, -0.1) is 0 Å². The third-order valence-corrected chi connectivity index (χ3v) is 6.94. The highest BCUT2D eigenvalue weighted by Gasteiger charge is 2.49. The molecule has 1 amide bonds. The molecule has 180 valence electrons. The van der Waals surface area contributed by atoms with Gasteiger partial charge in [0.25, 0.3) is 0 Å². The number of carbonyl (C=O) groups is 2. The van der Waals surface area contributed by atoms with E-state index in [1.807, 2.05) is 37.3 Å². The first-order valence-corrected chi connectivity index (χ1v) is 11.5. The first kappa shape index (κ1) is 23.9. The van der Waals surface area contributed by atoms with Crippen molar-refractivity contribution < 1.29 is 24.5 Å². The number of hydrogen-bond acceptors (Lipinski definition) is 10. The van der Waals surface area contributed by atoms with E-state index in [1.165, 1.54) is 29.0 Å². The van der Waals surface area contributed by atoms with Gasteiger partial charge in [-0.2, -0.15) is 11.8 Å². The molecule has 12 nitrogen and oxygen atoms in total. The monoisotopic (exact) mass is 487 g/mol. The topological polar surface area (TPSA) is 191 Å². The van der Waals surface area contributed by atoms with Crippen molar-refractivity contribution in [3.8, 4) is 0 Å². The summed E-state index contributed by atoms with van der Waals surface area (Å²) in [4.78, 5) is 36.6. The number of nitrogens with one attached hydrogen (secondary N) is 1. The number of anilines is 1. The number of benzene rings is 1. The van der Waals surface area contributed by atoms with E-state index in [0.29, 0.717) is 5.75 Å². The molecule has 6 atom stereocenters. The SMILES string of the molecule is CC(SCC(N)C(=O)NC1C(C(=O)O)OC(n2cnc3c(N)ncnc32)C1O)c1ccccc1. The fourth-order valence-corrected chi connectivity index (χ4v) is 4.74. The number of ether oxygens (including phenoxy) is 1. The molecule has 1 aliphatic heterocycles. The van der Waals surface area contributed by atoms with Crippen LogP contribution in [0.5, 0.6) is 0 Å². The van der Waals surface area contributed by atoms with E-state index in [2.05, 4.69) is 20.3 Å². The summed E-state index contributed by atoms with van der Waals surface area (Å²) in [5.74, 6) is -1.50. The fraction of sp³-hybridized carbons (Fsp3) is 0.381. The third-order valence-electron chi connectivity index (χ3n) is 5.62. The second-order valence-electron chi connectivity index (χ2n) is 7.89. The largest absolute Gasteiger partial charge is 0.479 e. The molecule has 0 aliphatic carbocycles. The Labute approximate surface area is 198 Å². The number of aliphatic hydroxyl groups is 1. The Morgan fingerprint density at radius 1 is 1.26 bits per heavy atom. The van der Waals surface area contributed by atoms with Crippen LogP contribution in [0.15, 0.2) is 43.0 Å². The first-order chi connectivity index (χ1) is 16.3. The average molecular weight is 488 g/mol. The number of thioether (sulfide) groups is 1. The highest BCUT2D eigenvalue weighted by atomic mass is 32.2. The number of carboxylic acid groups (broad SMARTS) is 1. The number of amides is 1. The molecular formula is C21H25N7O5S. The zero-order chi connectivity index (χ0) is 24.4. The molecule has 0 bridgehead atoms. The van der Waals surface area contributed by atoms with Gasteiger partial charge in [-0.25, -0.2) is 19.7 Å². The van der Waals surface area contributed by atoms with Crippen molar-refractivity contribution in [2.24, 2.45) is 5.73 Å². The van der Waals surface area contributed by atoms with E-state index in [9.17, 15) is 19.8 Å². The van der Waals surface area contributed by atoms with Crippen LogP contribution in [-0.2, 0) is 14.3 Å². The van der Waals surface area contributed by atoms with Crippen LogP contribution in [0, 0.1) is 0 Å². The molecule has 3 aromatic rings. The Morgan fingerprint density at radius 2 is 2.00 bits per heavy atom. The number of aliphatic hydroxyl groups excluding tert-OH is 1. The Bertz CT molecular complexity index is 1180. The van der Waals surface area contributed by atoms with Gasteiger partial charge in [-0.05, 0) is 12.5 Å². The fourth-order valence-electron chi connectivity index (χ4n) is 3.75. The van der Waals surface area contributed by atoms with E-state index >= 15 is 0 Å². The smallest absolute Gasteiger partial charge is 0.335 e. The summed E-state index contributed by atoms with van der Waals surface area (Å²) in [5, 5.41) is 23.2. The molecule has 0 saturated carbocycles. The van der Waals surface area contributed by atoms with Crippen molar-refractivity contribution in [1.29, 1.82) is 0 Å². The zero-order valence-electron chi connectivity index (χ0n) is 18.2. The van der Waals surface area contributed by atoms with Gasteiger partial charge in [0, 0.05) is 11.0 Å². The summed E-state index contributed by atoms with van der Waals surface area (Å²) in [6.07, 6.45) is -1.56. The van der Waals surface area contributed by atoms with E-state index in [0.717, 1.165) is 5.56 Å². The second kappa shape index (κ2) is 9.93. The molecule has 13 heteroatoms. The minimum Gasteiger partial charge on any atom is -0.479 e. The molecular weight excluding hydrogens is 462 g/mol. The normalized spacial score (nSPS) is 24.1. The molecule has 0 spiro atoms. The summed E-state index contributed by atoms with van der Waals surface area (Å²) in [6.45, 7) is 2.01. The minimum absolute atomic E-state index is 0.112. The lowest BCUT2D eigenvalue weighted by Crippen LogP contribution is -2.54. The van der Waals surface area contributed by atoms with E-state index < -0.39 is 42.4 Å². The number of carboxylic acids is 1. The number of aliphatic carboxylic acids is 1. The summed E-state index contributed by atoms with van der Waals surface area (Å²) >= 11 is 1.50. The number of fused-ring (bicyclic) bond motifs is 1. The first-order valence-electron chi connectivity index (χ1n) is 10.5. The molecule has 1 saturated heterocycles. The summed E-state index contributed by atoms with van der Waals surface area (Å²) in [6, 6.07) is 7.62. The van der Waals surface area contributed by atoms with Crippen LogP contribution in [0.1, 0.15) is 24.0 Å². The number of nitrogens with zero attached hydrogens (tertiary/aromatic N) is 4. The zero-order valence-corrected chi connectivity index (χ0v) is 19.0. The number of aromatic nitrogens is 4. The highest BCUT2D eigenvalue weighted by molar-refractivity contribution is 7.99. The highest BCUT2D eigenvalue weighted by Crippen LogP contribution is 2.32. The van der Waals surface area contributed by atoms with Gasteiger partial charge in [0.05, 0.1) is 18.4 Å². The van der Waals surface area contributed by atoms with Gasteiger partial charge in [-0.1, -0.05) is 30.3 Å². The van der Waals surface area contributed by atoms with Crippen LogP contribution in [0.3, 0.4) is 0 Å². The van der Waals surface area contributed by atoms with Crippen LogP contribution in [0.4, 0.5) is 5.82 Å². The van der Waals surface area contributed by atoms with Crippen LogP contribution >= 0.6 is 11.8 Å². The number of nitrogen functional groups attached to an aromatic ring is 1. The van der Waals surface area contributed by atoms with Crippen molar-refractivity contribution >= 4 is 40.6 Å². The molecule has 1 aromatic carbocycles. The molecule has 1 aliphatic rings. The van der Waals surface area contributed by atoms with Gasteiger partial charge >= 0.3 is 5.97 Å². The molecule has 34 heavy (non-hydrogen) atoms. The molecule has 4 rings (SSSR count). The third kappa shape index (κ3) is 4.68. The molecule has 1 fully saturated rings. The van der Waals surface area contributed by atoms with E-state index in [-0.39, 0.29) is 22.2 Å². The van der Waals surface area contributed by atoms with Crippen LogP contribution < -0.4 is 16.8 Å². The Balaban J connectivity index is 1.45. The average Bonchev–Trinajstić information content (AvgIpc) is 3.40. The maximum absolute atomic E-state index is 12.7. The van der Waals surface area contributed by atoms with Gasteiger partial charge in [-0.3, -0.25) is 9.36 Å². The van der Waals surface area contributed by atoms with Gasteiger partial charge in [0.2, 0.25) is 5.91 Å². The number of hydrogen-bond donors (Lipinski definition) is 5. The van der Waals surface area contributed by atoms with Crippen LogP contribution in [0.2, 0.25) is 0 Å². The molecule has 7 N–H and O–H groups in total. The summed E-state index contributed by atoms with van der Waals surface area (Å²) in [5.41, 5.74) is 13.5. The number of nitrogens with two attached hydrogens (primary N) is 2. The van der Waals surface area contributed by atoms with Gasteiger partial charge < -0.3 is 31.7 Å². The predicted molar refractivity (Wildman–Crippen MR) is 125 cm³/mol. The molecule has 2 aromatic heterocycles. The molecule has 6 unspecified atom stereocenters. The lowest BCUT2D eigenvalue weighted by Gasteiger charge is -2.22. The standard InChI is InChI=1S/C21H25N7O5S/c1-10(11-5-3-2-4-6-11)34-7-12(22)19(30)27-13-15(29)20(33-16(13)21(31)32)28-9-26-14-17(23)24-8-25-18(14)28/h2-6,8-10,12-13,15-16,20,29H,7,22H2,1H3,(H,27,30)(H,31,32)(H2,23,24,25). The lowest BCUT2D eigenvalue weighted by molar-refractivity contribution is -0.152.